The van der Waals surface area contributed by atoms with Crippen molar-refractivity contribution in [3.8, 4) is 0 Å². The zero-order valence-corrected chi connectivity index (χ0v) is 10.9. The Balaban J connectivity index is 2.08. The van der Waals surface area contributed by atoms with Crippen LogP contribution in [0.4, 0.5) is 5.69 Å². The Bertz CT molecular complexity index is 361. The van der Waals surface area contributed by atoms with E-state index in [1.165, 1.54) is 11.3 Å². The lowest BCUT2D eigenvalue weighted by atomic mass is 10.1. The highest BCUT2D eigenvalue weighted by Crippen LogP contribution is 2.22. The maximum Gasteiger partial charge on any atom is 0.0899 e. The molecule has 0 aromatic heterocycles. The van der Waals surface area contributed by atoms with Crippen LogP contribution in [0.1, 0.15) is 12.5 Å². The highest BCUT2D eigenvalue weighted by atomic mass is 16.5. The number of nitrogens with zero attached hydrogens (tertiary/aromatic N) is 1. The fraction of sp³-hybridized carbons (Fsp3) is 0.571. The van der Waals surface area contributed by atoms with Gasteiger partial charge in [0.15, 0.2) is 0 Å². The summed E-state index contributed by atoms with van der Waals surface area (Å²) in [5.74, 6) is 0. The highest BCUT2D eigenvalue weighted by molar-refractivity contribution is 5.53. The number of ether oxygens (including phenoxy) is 1. The van der Waals surface area contributed by atoms with Crippen LogP contribution in [0.25, 0.3) is 0 Å². The average molecular weight is 234 g/mol. The van der Waals surface area contributed by atoms with E-state index in [9.17, 15) is 0 Å². The summed E-state index contributed by atoms with van der Waals surface area (Å²) in [6, 6.07) is 8.87. The molecule has 94 valence electrons. The molecule has 1 aliphatic rings. The number of nitrogens with one attached hydrogen (secondary N) is 1. The number of aryl methyl sites for hydroxylation is 1. The summed E-state index contributed by atoms with van der Waals surface area (Å²) in [7, 11) is 2.14. The van der Waals surface area contributed by atoms with E-state index in [4.69, 9.17) is 4.74 Å². The van der Waals surface area contributed by atoms with E-state index in [0.717, 1.165) is 19.7 Å². The second-order valence-corrected chi connectivity index (χ2v) is 4.75. The number of morpholine rings is 1. The summed E-state index contributed by atoms with van der Waals surface area (Å²) in [6.45, 7) is 7.11. The van der Waals surface area contributed by atoms with Gasteiger partial charge in [0.1, 0.15) is 0 Å². The van der Waals surface area contributed by atoms with Gasteiger partial charge in [-0.25, -0.2) is 0 Å². The fourth-order valence-corrected chi connectivity index (χ4v) is 2.32. The molecule has 0 saturated carbocycles. The van der Waals surface area contributed by atoms with Crippen molar-refractivity contribution in [3.05, 3.63) is 29.8 Å². The maximum absolute atomic E-state index is 5.82. The molecular weight excluding hydrogens is 212 g/mol. The summed E-state index contributed by atoms with van der Waals surface area (Å²) in [5.41, 5.74) is 2.60. The smallest absolute Gasteiger partial charge is 0.0899 e. The molecule has 1 heterocycles. The zero-order chi connectivity index (χ0) is 12.3. The Hall–Kier alpha value is -1.06. The standard InChI is InChI=1S/C14H22N2O/c1-11-6-4-5-7-13(11)16(3)12(2)14-10-15-8-9-17-14/h4-7,12,14-15H,8-10H2,1-3H3. The van der Waals surface area contributed by atoms with Crippen molar-refractivity contribution in [2.24, 2.45) is 0 Å². The van der Waals surface area contributed by atoms with Crippen LogP contribution < -0.4 is 10.2 Å². The summed E-state index contributed by atoms with van der Waals surface area (Å²) in [4.78, 5) is 2.31. The number of para-hydroxylation sites is 1. The molecular formula is C14H22N2O. The minimum Gasteiger partial charge on any atom is -0.373 e. The van der Waals surface area contributed by atoms with Crippen molar-refractivity contribution in [3.63, 3.8) is 0 Å². The van der Waals surface area contributed by atoms with Crippen LogP contribution in [0, 0.1) is 6.92 Å². The summed E-state index contributed by atoms with van der Waals surface area (Å²) < 4.78 is 5.82. The van der Waals surface area contributed by atoms with Gasteiger partial charge in [0.25, 0.3) is 0 Å². The Morgan fingerprint density at radius 3 is 2.82 bits per heavy atom. The first-order valence-electron chi connectivity index (χ1n) is 6.31. The molecule has 1 N–H and O–H groups in total. The fourth-order valence-electron chi connectivity index (χ4n) is 2.32. The number of likely N-dealkylation sites (N-methyl/N-ethyl adjacent to an activating group) is 1. The Labute approximate surface area is 104 Å². The third-order valence-electron chi connectivity index (χ3n) is 3.60. The van der Waals surface area contributed by atoms with Gasteiger partial charge in [-0.05, 0) is 25.5 Å². The lowest BCUT2D eigenvalue weighted by Crippen LogP contribution is -2.50. The molecule has 1 aliphatic heterocycles. The van der Waals surface area contributed by atoms with Crippen LogP contribution in [0.2, 0.25) is 0 Å². The normalized spacial score (nSPS) is 22.2. The molecule has 17 heavy (non-hydrogen) atoms. The van der Waals surface area contributed by atoms with Crippen LogP contribution >= 0.6 is 0 Å². The van der Waals surface area contributed by atoms with Gasteiger partial charge in [-0.15, -0.1) is 0 Å². The number of hydrogen-bond acceptors (Lipinski definition) is 3. The van der Waals surface area contributed by atoms with Crippen molar-refractivity contribution >= 4 is 5.69 Å². The van der Waals surface area contributed by atoms with Crippen molar-refractivity contribution in [2.45, 2.75) is 26.0 Å². The van der Waals surface area contributed by atoms with Crippen molar-refractivity contribution in [2.75, 3.05) is 31.6 Å². The van der Waals surface area contributed by atoms with E-state index in [-0.39, 0.29) is 6.10 Å². The third-order valence-corrected chi connectivity index (χ3v) is 3.60. The van der Waals surface area contributed by atoms with Gasteiger partial charge in [0.05, 0.1) is 18.8 Å². The van der Waals surface area contributed by atoms with Gasteiger partial charge in [-0.1, -0.05) is 18.2 Å². The first kappa shape index (κ1) is 12.4. The van der Waals surface area contributed by atoms with E-state index >= 15 is 0 Å². The molecule has 3 heteroatoms. The lowest BCUT2D eigenvalue weighted by molar-refractivity contribution is 0.0153. The van der Waals surface area contributed by atoms with Gasteiger partial charge in [0, 0.05) is 25.8 Å². The van der Waals surface area contributed by atoms with Crippen LogP contribution in [-0.2, 0) is 4.74 Å². The van der Waals surface area contributed by atoms with Crippen molar-refractivity contribution in [1.29, 1.82) is 0 Å². The largest absolute Gasteiger partial charge is 0.373 e. The molecule has 1 aromatic carbocycles. The molecule has 1 saturated heterocycles. The van der Waals surface area contributed by atoms with Crippen LogP contribution in [-0.4, -0.2) is 38.9 Å². The molecule has 1 fully saturated rings. The van der Waals surface area contributed by atoms with Gasteiger partial charge in [-0.2, -0.15) is 0 Å². The molecule has 0 aliphatic carbocycles. The molecule has 0 bridgehead atoms. The first-order chi connectivity index (χ1) is 8.20. The zero-order valence-electron chi connectivity index (χ0n) is 10.9. The van der Waals surface area contributed by atoms with Gasteiger partial charge in [-0.3, -0.25) is 0 Å². The minimum atomic E-state index is 0.272. The third kappa shape index (κ3) is 2.79. The monoisotopic (exact) mass is 234 g/mol. The average Bonchev–Trinajstić information content (AvgIpc) is 2.39. The highest BCUT2D eigenvalue weighted by Gasteiger charge is 2.24. The lowest BCUT2D eigenvalue weighted by Gasteiger charge is -2.36. The van der Waals surface area contributed by atoms with E-state index in [1.54, 1.807) is 0 Å². The molecule has 0 spiro atoms. The summed E-state index contributed by atoms with van der Waals surface area (Å²) >= 11 is 0. The second kappa shape index (κ2) is 5.52. The van der Waals surface area contributed by atoms with E-state index in [1.807, 2.05) is 0 Å². The van der Waals surface area contributed by atoms with Crippen LogP contribution in [0.15, 0.2) is 24.3 Å². The van der Waals surface area contributed by atoms with E-state index in [0.29, 0.717) is 6.04 Å². The molecule has 0 radical (unpaired) electrons. The topological polar surface area (TPSA) is 24.5 Å². The van der Waals surface area contributed by atoms with Crippen LogP contribution in [0.3, 0.4) is 0 Å². The SMILES string of the molecule is Cc1ccccc1N(C)C(C)C1CNCCO1. The minimum absolute atomic E-state index is 0.272. The summed E-state index contributed by atoms with van der Waals surface area (Å²) in [5, 5.41) is 3.39. The molecule has 0 amide bonds. The summed E-state index contributed by atoms with van der Waals surface area (Å²) in [6.07, 6.45) is 0.272. The number of benzene rings is 1. The quantitative estimate of drug-likeness (QED) is 0.863. The van der Waals surface area contributed by atoms with E-state index < -0.39 is 0 Å². The first-order valence-corrected chi connectivity index (χ1v) is 6.31. The van der Waals surface area contributed by atoms with E-state index in [2.05, 4.69) is 55.4 Å². The predicted octanol–water partition coefficient (Wildman–Crippen LogP) is 1.81. The molecule has 2 unspecified atom stereocenters. The van der Waals surface area contributed by atoms with Crippen LogP contribution in [0.5, 0.6) is 0 Å². The van der Waals surface area contributed by atoms with Crippen molar-refractivity contribution in [1.82, 2.24) is 5.32 Å². The number of hydrogen-bond donors (Lipinski definition) is 1. The number of anilines is 1. The Morgan fingerprint density at radius 2 is 2.18 bits per heavy atom. The Kier molecular flexibility index (Phi) is 4.02. The van der Waals surface area contributed by atoms with Gasteiger partial charge >= 0.3 is 0 Å². The van der Waals surface area contributed by atoms with Gasteiger partial charge in [0.2, 0.25) is 0 Å². The molecule has 3 nitrogen and oxygen atoms in total. The number of rotatable bonds is 3. The predicted molar refractivity (Wildman–Crippen MR) is 71.7 cm³/mol. The molecule has 2 atom stereocenters. The molecule has 1 aromatic rings. The Morgan fingerprint density at radius 1 is 1.41 bits per heavy atom. The van der Waals surface area contributed by atoms with Crippen molar-refractivity contribution < 1.29 is 4.74 Å². The van der Waals surface area contributed by atoms with Gasteiger partial charge < -0.3 is 15.0 Å². The maximum atomic E-state index is 5.82. The molecule has 2 rings (SSSR count). The second-order valence-electron chi connectivity index (χ2n) is 4.75.